The molecule has 2 N–H and O–H groups in total. The Morgan fingerprint density at radius 1 is 1.33 bits per heavy atom. The summed E-state index contributed by atoms with van der Waals surface area (Å²) >= 11 is 7.34. The molecule has 0 spiro atoms. The van der Waals surface area contributed by atoms with E-state index in [4.69, 9.17) is 16.7 Å². The molecule has 1 unspecified atom stereocenters. The molecule has 4 nitrogen and oxygen atoms in total. The molecular weight excluding hydrogens is 310 g/mol. The van der Waals surface area contributed by atoms with Crippen molar-refractivity contribution in [2.45, 2.75) is 37.6 Å². The van der Waals surface area contributed by atoms with Crippen LogP contribution in [0.4, 0.5) is 0 Å². The molecule has 1 rings (SSSR count). The van der Waals surface area contributed by atoms with E-state index in [-0.39, 0.29) is 18.2 Å². The second kappa shape index (κ2) is 8.95. The van der Waals surface area contributed by atoms with Gasteiger partial charge in [0.15, 0.2) is 0 Å². The predicted octanol–water partition coefficient (Wildman–Crippen LogP) is 3.44. The summed E-state index contributed by atoms with van der Waals surface area (Å²) in [5.41, 5.74) is 0. The SMILES string of the molecule is CCC(C)[C@H](NC(=O)CCSc1ccc(Cl)cc1)C(=O)O. The smallest absolute Gasteiger partial charge is 0.326 e. The third-order valence-corrected chi connectivity index (χ3v) is 4.47. The van der Waals surface area contributed by atoms with Gasteiger partial charge in [-0.05, 0) is 30.2 Å². The first-order valence-electron chi connectivity index (χ1n) is 6.84. The highest BCUT2D eigenvalue weighted by Gasteiger charge is 2.24. The third-order valence-electron chi connectivity index (χ3n) is 3.21. The Labute approximate surface area is 134 Å². The summed E-state index contributed by atoms with van der Waals surface area (Å²) in [6.07, 6.45) is 0.990. The highest BCUT2D eigenvalue weighted by Crippen LogP contribution is 2.21. The molecule has 0 aromatic heterocycles. The van der Waals surface area contributed by atoms with E-state index in [9.17, 15) is 9.59 Å². The van der Waals surface area contributed by atoms with Crippen LogP contribution in [0, 0.1) is 5.92 Å². The summed E-state index contributed by atoms with van der Waals surface area (Å²) in [7, 11) is 0. The zero-order chi connectivity index (χ0) is 15.8. The lowest BCUT2D eigenvalue weighted by molar-refractivity contribution is -0.143. The van der Waals surface area contributed by atoms with E-state index in [1.807, 2.05) is 26.0 Å². The molecule has 2 atom stereocenters. The quantitative estimate of drug-likeness (QED) is 0.717. The molecule has 1 aromatic rings. The standard InChI is InChI=1S/C15H20ClNO3S/c1-3-10(2)14(15(19)20)17-13(18)8-9-21-12-6-4-11(16)5-7-12/h4-7,10,14H,3,8-9H2,1-2H3,(H,17,18)(H,19,20)/t10?,14-/m0/s1. The monoisotopic (exact) mass is 329 g/mol. The highest BCUT2D eigenvalue weighted by atomic mass is 35.5. The molecule has 0 aliphatic heterocycles. The van der Waals surface area contributed by atoms with Crippen molar-refractivity contribution in [3.63, 3.8) is 0 Å². The van der Waals surface area contributed by atoms with Crippen LogP contribution in [0.15, 0.2) is 29.2 Å². The van der Waals surface area contributed by atoms with Gasteiger partial charge in [-0.25, -0.2) is 4.79 Å². The van der Waals surface area contributed by atoms with E-state index in [2.05, 4.69) is 5.32 Å². The van der Waals surface area contributed by atoms with Gasteiger partial charge < -0.3 is 10.4 Å². The first-order chi connectivity index (χ1) is 9.93. The second-order valence-electron chi connectivity index (χ2n) is 4.82. The average molecular weight is 330 g/mol. The number of amides is 1. The molecular formula is C15H20ClNO3S. The van der Waals surface area contributed by atoms with Crippen LogP contribution in [0.2, 0.25) is 5.02 Å². The van der Waals surface area contributed by atoms with Crippen molar-refractivity contribution in [1.82, 2.24) is 5.32 Å². The van der Waals surface area contributed by atoms with Crippen LogP contribution in [-0.4, -0.2) is 28.8 Å². The Bertz CT molecular complexity index is 478. The van der Waals surface area contributed by atoms with Crippen LogP contribution in [0.1, 0.15) is 26.7 Å². The van der Waals surface area contributed by atoms with E-state index in [0.29, 0.717) is 17.2 Å². The molecule has 6 heteroatoms. The molecule has 1 aromatic carbocycles. The first-order valence-corrected chi connectivity index (χ1v) is 8.21. The molecule has 0 saturated heterocycles. The largest absolute Gasteiger partial charge is 0.480 e. The number of thioether (sulfide) groups is 1. The lowest BCUT2D eigenvalue weighted by atomic mass is 9.99. The first kappa shape index (κ1) is 17.9. The summed E-state index contributed by atoms with van der Waals surface area (Å²) in [5, 5.41) is 12.4. The number of carboxylic acid groups (broad SMARTS) is 1. The Balaban J connectivity index is 2.39. The minimum Gasteiger partial charge on any atom is -0.480 e. The van der Waals surface area contributed by atoms with Crippen LogP contribution in [0.5, 0.6) is 0 Å². The normalized spacial score (nSPS) is 13.5. The van der Waals surface area contributed by atoms with E-state index in [0.717, 1.165) is 4.90 Å². The molecule has 0 fully saturated rings. The van der Waals surface area contributed by atoms with Crippen molar-refractivity contribution < 1.29 is 14.7 Å². The topological polar surface area (TPSA) is 66.4 Å². The molecule has 116 valence electrons. The fraction of sp³-hybridized carbons (Fsp3) is 0.467. The summed E-state index contributed by atoms with van der Waals surface area (Å²) < 4.78 is 0. The van der Waals surface area contributed by atoms with Crippen molar-refractivity contribution >= 4 is 35.2 Å². The van der Waals surface area contributed by atoms with Gasteiger partial charge in [-0.1, -0.05) is 31.9 Å². The van der Waals surface area contributed by atoms with Crippen molar-refractivity contribution in [1.29, 1.82) is 0 Å². The van der Waals surface area contributed by atoms with Gasteiger partial charge in [0.25, 0.3) is 0 Å². The molecule has 0 aliphatic carbocycles. The number of hydrogen-bond donors (Lipinski definition) is 2. The van der Waals surface area contributed by atoms with E-state index in [1.54, 1.807) is 23.9 Å². The number of carboxylic acids is 1. The van der Waals surface area contributed by atoms with Gasteiger partial charge in [0.2, 0.25) is 5.91 Å². The van der Waals surface area contributed by atoms with Crippen LogP contribution in [-0.2, 0) is 9.59 Å². The predicted molar refractivity (Wildman–Crippen MR) is 85.8 cm³/mol. The summed E-state index contributed by atoms with van der Waals surface area (Å²) in [5.74, 6) is -0.706. The second-order valence-corrected chi connectivity index (χ2v) is 6.43. The maximum absolute atomic E-state index is 11.8. The Morgan fingerprint density at radius 2 is 1.95 bits per heavy atom. The van der Waals surface area contributed by atoms with Gasteiger partial charge in [0.1, 0.15) is 6.04 Å². The number of carbonyl (C=O) groups excluding carboxylic acids is 1. The van der Waals surface area contributed by atoms with Crippen LogP contribution in [0.3, 0.4) is 0 Å². The van der Waals surface area contributed by atoms with Gasteiger partial charge in [-0.2, -0.15) is 0 Å². The highest BCUT2D eigenvalue weighted by molar-refractivity contribution is 7.99. The fourth-order valence-electron chi connectivity index (χ4n) is 1.72. The van der Waals surface area contributed by atoms with Crippen LogP contribution >= 0.6 is 23.4 Å². The fourth-order valence-corrected chi connectivity index (χ4v) is 2.70. The summed E-state index contributed by atoms with van der Waals surface area (Å²) in [6.45, 7) is 3.73. The molecule has 0 bridgehead atoms. The lowest BCUT2D eigenvalue weighted by Crippen LogP contribution is -2.45. The number of hydrogen-bond acceptors (Lipinski definition) is 3. The minimum atomic E-state index is -0.983. The van der Waals surface area contributed by atoms with Gasteiger partial charge >= 0.3 is 5.97 Å². The Hall–Kier alpha value is -1.20. The van der Waals surface area contributed by atoms with Crippen molar-refractivity contribution in [2.24, 2.45) is 5.92 Å². The van der Waals surface area contributed by atoms with Crippen molar-refractivity contribution in [2.75, 3.05) is 5.75 Å². The summed E-state index contributed by atoms with van der Waals surface area (Å²) in [6, 6.07) is 6.57. The van der Waals surface area contributed by atoms with Crippen LogP contribution < -0.4 is 5.32 Å². The van der Waals surface area contributed by atoms with Crippen molar-refractivity contribution in [3.05, 3.63) is 29.3 Å². The van der Waals surface area contributed by atoms with Gasteiger partial charge in [-0.15, -0.1) is 11.8 Å². The number of benzene rings is 1. The molecule has 1 amide bonds. The van der Waals surface area contributed by atoms with Gasteiger partial charge in [0.05, 0.1) is 0 Å². The number of halogens is 1. The molecule has 0 saturated carbocycles. The van der Waals surface area contributed by atoms with Gasteiger partial charge in [-0.3, -0.25) is 4.79 Å². The Kier molecular flexibility index (Phi) is 7.61. The number of rotatable bonds is 8. The zero-order valence-corrected chi connectivity index (χ0v) is 13.7. The molecule has 0 aliphatic rings. The molecule has 0 heterocycles. The number of carbonyl (C=O) groups is 2. The van der Waals surface area contributed by atoms with E-state index < -0.39 is 12.0 Å². The maximum Gasteiger partial charge on any atom is 0.326 e. The van der Waals surface area contributed by atoms with E-state index >= 15 is 0 Å². The third kappa shape index (κ3) is 6.40. The van der Waals surface area contributed by atoms with E-state index in [1.165, 1.54) is 0 Å². The average Bonchev–Trinajstić information content (AvgIpc) is 2.45. The summed E-state index contributed by atoms with van der Waals surface area (Å²) in [4.78, 5) is 24.0. The number of nitrogens with one attached hydrogen (secondary N) is 1. The Morgan fingerprint density at radius 3 is 2.48 bits per heavy atom. The molecule has 0 radical (unpaired) electrons. The van der Waals surface area contributed by atoms with Gasteiger partial charge in [0, 0.05) is 22.1 Å². The maximum atomic E-state index is 11.8. The minimum absolute atomic E-state index is 0.0876. The lowest BCUT2D eigenvalue weighted by Gasteiger charge is -2.20. The molecule has 21 heavy (non-hydrogen) atoms. The van der Waals surface area contributed by atoms with Crippen LogP contribution in [0.25, 0.3) is 0 Å². The van der Waals surface area contributed by atoms with Crippen molar-refractivity contribution in [3.8, 4) is 0 Å². The zero-order valence-electron chi connectivity index (χ0n) is 12.1. The number of aliphatic carboxylic acids is 1.